The first kappa shape index (κ1) is 19.7. The first-order valence-electron chi connectivity index (χ1n) is 7.00. The molecule has 0 aliphatic rings. The van der Waals surface area contributed by atoms with Crippen molar-refractivity contribution in [2.45, 2.75) is 66.2 Å². The predicted molar refractivity (Wildman–Crippen MR) is 76.9 cm³/mol. The van der Waals surface area contributed by atoms with E-state index in [2.05, 4.69) is 20.8 Å². The molecule has 3 heteroatoms. The number of hydrogen-bond donors (Lipinski definition) is 0. The maximum Gasteiger partial charge on any atom is 0.264 e. The van der Waals surface area contributed by atoms with Gasteiger partial charge in [0.05, 0.1) is 25.7 Å². The molecular formula is C14H30ClOP. The molecule has 0 aliphatic carbocycles. The van der Waals surface area contributed by atoms with Crippen LogP contribution in [-0.2, 0) is 4.79 Å². The van der Waals surface area contributed by atoms with Crippen molar-refractivity contribution in [1.29, 1.82) is 0 Å². The van der Waals surface area contributed by atoms with Crippen LogP contribution in [0.25, 0.3) is 0 Å². The Kier molecular flexibility index (Phi) is 13.3. The van der Waals surface area contributed by atoms with Crippen LogP contribution in [0.4, 0.5) is 0 Å². The van der Waals surface area contributed by atoms with Crippen LogP contribution in [-0.4, -0.2) is 24.0 Å². The SMILES string of the molecule is CCCC[P+](CCCC)(CCCC)C(C)=O.[Cl-]. The fraction of sp³-hybridized carbons (Fsp3) is 0.929. The van der Waals surface area contributed by atoms with Crippen LogP contribution in [0.5, 0.6) is 0 Å². The zero-order valence-corrected chi connectivity index (χ0v) is 13.7. The lowest BCUT2D eigenvalue weighted by atomic mass is 10.4. The van der Waals surface area contributed by atoms with Crippen LogP contribution in [0, 0.1) is 0 Å². The second-order valence-corrected chi connectivity index (χ2v) is 9.16. The Morgan fingerprint density at radius 3 is 1.29 bits per heavy atom. The van der Waals surface area contributed by atoms with Crippen molar-refractivity contribution in [2.75, 3.05) is 18.5 Å². The molecule has 0 spiro atoms. The molecule has 0 atom stereocenters. The largest absolute Gasteiger partial charge is 1.00 e. The van der Waals surface area contributed by atoms with E-state index in [9.17, 15) is 4.79 Å². The molecule has 0 unspecified atom stereocenters. The molecule has 0 aromatic rings. The molecular weight excluding hydrogens is 251 g/mol. The molecule has 17 heavy (non-hydrogen) atoms. The van der Waals surface area contributed by atoms with Crippen molar-refractivity contribution in [2.24, 2.45) is 0 Å². The van der Waals surface area contributed by atoms with Crippen LogP contribution in [0.1, 0.15) is 66.2 Å². The topological polar surface area (TPSA) is 17.1 Å². The van der Waals surface area contributed by atoms with E-state index in [0.717, 1.165) is 0 Å². The molecule has 0 aromatic heterocycles. The molecule has 104 valence electrons. The first-order chi connectivity index (χ1) is 7.63. The highest BCUT2D eigenvalue weighted by Gasteiger charge is 2.40. The van der Waals surface area contributed by atoms with Gasteiger partial charge >= 0.3 is 0 Å². The van der Waals surface area contributed by atoms with Gasteiger partial charge in [0.2, 0.25) is 0 Å². The summed E-state index contributed by atoms with van der Waals surface area (Å²) in [6.45, 7) is 8.55. The Morgan fingerprint density at radius 1 is 0.824 bits per heavy atom. The van der Waals surface area contributed by atoms with Gasteiger partial charge in [0.15, 0.2) is 0 Å². The molecule has 0 radical (unpaired) electrons. The molecule has 0 saturated heterocycles. The third-order valence-electron chi connectivity index (χ3n) is 3.49. The highest BCUT2D eigenvalue weighted by Crippen LogP contribution is 2.61. The standard InChI is InChI=1S/C14H30OP.ClH/c1-5-8-11-16(14(4)15,12-9-6-2)13-10-7-3;/h5-13H2,1-4H3;1H/q+1;/p-1. The summed E-state index contributed by atoms with van der Waals surface area (Å²) in [6, 6.07) is 0. The molecule has 0 bridgehead atoms. The molecule has 0 rings (SSSR count). The monoisotopic (exact) mass is 280 g/mol. The molecule has 1 nitrogen and oxygen atoms in total. The second kappa shape index (κ2) is 11.5. The Balaban J connectivity index is 0. The number of hydrogen-bond acceptors (Lipinski definition) is 1. The van der Waals surface area contributed by atoms with Crippen molar-refractivity contribution in [3.05, 3.63) is 0 Å². The summed E-state index contributed by atoms with van der Waals surface area (Å²) in [7, 11) is -1.26. The maximum atomic E-state index is 12.0. The quantitative estimate of drug-likeness (QED) is 0.559. The first-order valence-corrected chi connectivity index (χ1v) is 9.34. The van der Waals surface area contributed by atoms with E-state index in [0.29, 0.717) is 5.52 Å². The zero-order chi connectivity index (χ0) is 12.4. The summed E-state index contributed by atoms with van der Waals surface area (Å²) in [5.41, 5.74) is 0.544. The Labute approximate surface area is 115 Å². The molecule has 0 heterocycles. The number of halogens is 1. The van der Waals surface area contributed by atoms with Crippen molar-refractivity contribution < 1.29 is 17.2 Å². The summed E-state index contributed by atoms with van der Waals surface area (Å²) in [6.07, 6.45) is 11.1. The maximum absolute atomic E-state index is 12.0. The summed E-state index contributed by atoms with van der Waals surface area (Å²) in [5, 5.41) is 0. The van der Waals surface area contributed by atoms with Crippen LogP contribution < -0.4 is 12.4 Å². The van der Waals surface area contributed by atoms with E-state index >= 15 is 0 Å². The van der Waals surface area contributed by atoms with Gasteiger partial charge in [0.25, 0.3) is 5.52 Å². The minimum Gasteiger partial charge on any atom is -1.00 e. The summed E-state index contributed by atoms with van der Waals surface area (Å²) in [5.74, 6) is 0. The molecule has 0 aromatic carbocycles. The molecule has 0 fully saturated rings. The van der Waals surface area contributed by atoms with E-state index in [1.54, 1.807) is 0 Å². The summed E-state index contributed by atoms with van der Waals surface area (Å²) >= 11 is 0. The minimum absolute atomic E-state index is 0. The average Bonchev–Trinajstić information content (AvgIpc) is 2.28. The van der Waals surface area contributed by atoms with Gasteiger partial charge in [-0.3, -0.25) is 4.79 Å². The van der Waals surface area contributed by atoms with Crippen LogP contribution in [0.3, 0.4) is 0 Å². The van der Waals surface area contributed by atoms with Gasteiger partial charge in [-0.25, -0.2) is 0 Å². The summed E-state index contributed by atoms with van der Waals surface area (Å²) in [4.78, 5) is 12.0. The van der Waals surface area contributed by atoms with Gasteiger partial charge in [-0.05, 0) is 19.3 Å². The van der Waals surface area contributed by atoms with Gasteiger partial charge in [-0.2, -0.15) is 0 Å². The lowest BCUT2D eigenvalue weighted by Crippen LogP contribution is -3.00. The van der Waals surface area contributed by atoms with Crippen LogP contribution in [0.15, 0.2) is 0 Å². The van der Waals surface area contributed by atoms with E-state index in [1.165, 1.54) is 57.0 Å². The fourth-order valence-corrected chi connectivity index (χ4v) is 6.57. The van der Waals surface area contributed by atoms with Crippen LogP contribution >= 0.6 is 7.26 Å². The Hall–Kier alpha value is 0.390. The highest BCUT2D eigenvalue weighted by atomic mass is 35.5. The second-order valence-electron chi connectivity index (χ2n) is 4.90. The third-order valence-corrected chi connectivity index (χ3v) is 8.34. The normalized spacial score (nSPS) is 11.1. The summed E-state index contributed by atoms with van der Waals surface area (Å²) < 4.78 is 0. The van der Waals surface area contributed by atoms with E-state index in [4.69, 9.17) is 0 Å². The van der Waals surface area contributed by atoms with Crippen molar-refractivity contribution in [3.63, 3.8) is 0 Å². The van der Waals surface area contributed by atoms with Crippen molar-refractivity contribution in [1.82, 2.24) is 0 Å². The van der Waals surface area contributed by atoms with Crippen molar-refractivity contribution in [3.8, 4) is 0 Å². The van der Waals surface area contributed by atoms with Crippen LogP contribution in [0.2, 0.25) is 0 Å². The molecule has 0 amide bonds. The van der Waals surface area contributed by atoms with Gasteiger partial charge in [0.1, 0.15) is 0 Å². The van der Waals surface area contributed by atoms with E-state index < -0.39 is 7.26 Å². The number of carbonyl (C=O) groups excluding carboxylic acids is 1. The number of carbonyl (C=O) groups is 1. The lowest BCUT2D eigenvalue weighted by Gasteiger charge is -2.24. The smallest absolute Gasteiger partial charge is 0.264 e. The highest BCUT2D eigenvalue weighted by molar-refractivity contribution is 7.90. The Morgan fingerprint density at radius 2 is 1.12 bits per heavy atom. The predicted octanol–water partition coefficient (Wildman–Crippen LogP) is 1.95. The van der Waals surface area contributed by atoms with Crippen molar-refractivity contribution >= 4 is 12.8 Å². The van der Waals surface area contributed by atoms with Gasteiger partial charge in [-0.1, -0.05) is 40.0 Å². The molecule has 0 saturated carbocycles. The van der Waals surface area contributed by atoms with Gasteiger partial charge in [0, 0.05) is 6.92 Å². The van der Waals surface area contributed by atoms with E-state index in [1.807, 2.05) is 6.92 Å². The minimum atomic E-state index is -1.26. The molecule has 0 aliphatic heterocycles. The lowest BCUT2D eigenvalue weighted by molar-refractivity contribution is -0.110. The fourth-order valence-electron chi connectivity index (χ4n) is 2.19. The number of rotatable bonds is 10. The number of unbranched alkanes of at least 4 members (excludes halogenated alkanes) is 3. The van der Waals surface area contributed by atoms with Gasteiger partial charge < -0.3 is 12.4 Å². The zero-order valence-electron chi connectivity index (χ0n) is 12.1. The Bertz CT molecular complexity index is 173. The average molecular weight is 281 g/mol. The van der Waals surface area contributed by atoms with E-state index in [-0.39, 0.29) is 12.4 Å². The van der Waals surface area contributed by atoms with Gasteiger partial charge in [-0.15, -0.1) is 0 Å². The third kappa shape index (κ3) is 7.42. The molecule has 0 N–H and O–H groups in total.